The molecule has 1 atom stereocenters. The van der Waals surface area contributed by atoms with Gasteiger partial charge in [-0.1, -0.05) is 18.2 Å². The Hall–Kier alpha value is -3.19. The lowest BCUT2D eigenvalue weighted by atomic mass is 10.1. The van der Waals surface area contributed by atoms with E-state index >= 15 is 0 Å². The monoisotopic (exact) mass is 424 g/mol. The number of carbonyl (C=O) groups is 1. The lowest BCUT2D eigenvalue weighted by molar-refractivity contribution is 0.0981. The molecule has 154 valence electrons. The van der Waals surface area contributed by atoms with Crippen molar-refractivity contribution in [3.05, 3.63) is 89.2 Å². The Labute approximate surface area is 175 Å². The average molecular weight is 424 g/mol. The molecule has 30 heavy (non-hydrogen) atoms. The minimum atomic E-state index is -3.86. The van der Waals surface area contributed by atoms with E-state index in [0.717, 1.165) is 23.7 Å². The summed E-state index contributed by atoms with van der Waals surface area (Å²) in [5.41, 5.74) is 3.09. The number of halogens is 1. The molecule has 1 N–H and O–H groups in total. The van der Waals surface area contributed by atoms with Crippen molar-refractivity contribution >= 4 is 27.3 Å². The number of benzene rings is 3. The first-order valence-electron chi connectivity index (χ1n) is 9.57. The van der Waals surface area contributed by atoms with Gasteiger partial charge in [-0.15, -0.1) is 0 Å². The highest BCUT2D eigenvalue weighted by Crippen LogP contribution is 2.33. The fourth-order valence-corrected chi connectivity index (χ4v) is 4.84. The highest BCUT2D eigenvalue weighted by Gasteiger charge is 2.31. The average Bonchev–Trinajstić information content (AvgIpc) is 3.05. The summed E-state index contributed by atoms with van der Waals surface area (Å²) in [5.74, 6) is -0.592. The number of nitrogens with zero attached hydrogens (tertiary/aromatic N) is 1. The van der Waals surface area contributed by atoms with Crippen LogP contribution in [-0.4, -0.2) is 20.4 Å². The number of hydrogen-bond donors (Lipinski definition) is 1. The maximum Gasteiger partial charge on any atom is 0.261 e. The number of para-hydroxylation sites is 1. The first-order chi connectivity index (χ1) is 14.3. The lowest BCUT2D eigenvalue weighted by Gasteiger charge is -2.23. The number of aryl methyl sites for hydroxylation is 1. The van der Waals surface area contributed by atoms with E-state index in [1.54, 1.807) is 29.2 Å². The van der Waals surface area contributed by atoms with E-state index in [2.05, 4.69) is 4.72 Å². The summed E-state index contributed by atoms with van der Waals surface area (Å²) in [4.78, 5) is 14.8. The molecule has 1 amide bonds. The van der Waals surface area contributed by atoms with E-state index in [4.69, 9.17) is 0 Å². The number of sulfonamides is 1. The standard InChI is InChI=1S/C23H21FN2O3S/c1-15-13-20(11-12-21(15)24)30(28,29)25-19-9-7-17(8-10-19)23(27)26-16(2)14-18-5-3-4-6-22(18)26/h3-13,16,25H,14H2,1-2H3/t16-/m1/s1. The number of fused-ring (bicyclic) bond motifs is 1. The molecule has 0 saturated heterocycles. The molecule has 1 heterocycles. The minimum Gasteiger partial charge on any atom is -0.305 e. The molecule has 0 aliphatic carbocycles. The Morgan fingerprint density at radius 3 is 2.47 bits per heavy atom. The molecule has 0 fully saturated rings. The SMILES string of the molecule is Cc1cc(S(=O)(=O)Nc2ccc(C(=O)N3c4ccccc4C[C@H]3C)cc2)ccc1F. The van der Waals surface area contributed by atoms with Crippen molar-refractivity contribution in [1.82, 2.24) is 0 Å². The van der Waals surface area contributed by atoms with Crippen molar-refractivity contribution < 1.29 is 17.6 Å². The van der Waals surface area contributed by atoms with Crippen LogP contribution in [0.1, 0.15) is 28.4 Å². The Morgan fingerprint density at radius 1 is 1.07 bits per heavy atom. The van der Waals surface area contributed by atoms with Gasteiger partial charge in [0.1, 0.15) is 5.82 Å². The van der Waals surface area contributed by atoms with Gasteiger partial charge in [0.25, 0.3) is 15.9 Å². The summed E-state index contributed by atoms with van der Waals surface area (Å²) >= 11 is 0. The van der Waals surface area contributed by atoms with Crippen LogP contribution in [0.15, 0.2) is 71.6 Å². The second-order valence-corrected chi connectivity index (χ2v) is 9.13. The molecule has 1 aliphatic rings. The third-order valence-corrected chi connectivity index (χ3v) is 6.63. The molecule has 3 aromatic carbocycles. The van der Waals surface area contributed by atoms with Crippen LogP contribution in [-0.2, 0) is 16.4 Å². The van der Waals surface area contributed by atoms with Crippen LogP contribution < -0.4 is 9.62 Å². The zero-order valence-electron chi connectivity index (χ0n) is 16.6. The van der Waals surface area contributed by atoms with Gasteiger partial charge in [-0.25, -0.2) is 12.8 Å². The number of carbonyl (C=O) groups excluding carboxylic acids is 1. The van der Waals surface area contributed by atoms with Gasteiger partial charge in [0.2, 0.25) is 0 Å². The van der Waals surface area contributed by atoms with Crippen molar-refractivity contribution in [3.63, 3.8) is 0 Å². The Kier molecular flexibility index (Phi) is 5.07. The van der Waals surface area contributed by atoms with Gasteiger partial charge in [-0.2, -0.15) is 0 Å². The van der Waals surface area contributed by atoms with Crippen molar-refractivity contribution in [2.75, 3.05) is 9.62 Å². The summed E-state index contributed by atoms with van der Waals surface area (Å²) in [7, 11) is -3.86. The topological polar surface area (TPSA) is 66.5 Å². The molecule has 0 saturated carbocycles. The lowest BCUT2D eigenvalue weighted by Crippen LogP contribution is -2.35. The molecule has 3 aromatic rings. The number of amides is 1. The molecule has 0 unspecified atom stereocenters. The predicted octanol–water partition coefficient (Wildman–Crippen LogP) is 4.53. The van der Waals surface area contributed by atoms with Crippen LogP contribution in [0.3, 0.4) is 0 Å². The molecular weight excluding hydrogens is 403 g/mol. The number of rotatable bonds is 4. The predicted molar refractivity (Wildman–Crippen MR) is 115 cm³/mol. The molecule has 5 nitrogen and oxygen atoms in total. The van der Waals surface area contributed by atoms with Crippen LogP contribution in [0.4, 0.5) is 15.8 Å². The highest BCUT2D eigenvalue weighted by atomic mass is 32.2. The zero-order chi connectivity index (χ0) is 21.5. The molecule has 0 radical (unpaired) electrons. The quantitative estimate of drug-likeness (QED) is 0.669. The van der Waals surface area contributed by atoms with Crippen LogP contribution in [0.2, 0.25) is 0 Å². The van der Waals surface area contributed by atoms with Gasteiger partial charge in [0.05, 0.1) is 4.90 Å². The van der Waals surface area contributed by atoms with Crippen LogP contribution in [0.25, 0.3) is 0 Å². The third kappa shape index (κ3) is 3.68. The second kappa shape index (κ2) is 7.57. The van der Waals surface area contributed by atoms with Crippen molar-refractivity contribution in [2.24, 2.45) is 0 Å². The van der Waals surface area contributed by atoms with Crippen LogP contribution >= 0.6 is 0 Å². The van der Waals surface area contributed by atoms with E-state index in [0.29, 0.717) is 11.3 Å². The summed E-state index contributed by atoms with van der Waals surface area (Å²) < 4.78 is 41.0. The molecule has 7 heteroatoms. The number of hydrogen-bond acceptors (Lipinski definition) is 3. The Bertz CT molecular complexity index is 1220. The Balaban J connectivity index is 1.54. The minimum absolute atomic E-state index is 0.0240. The Morgan fingerprint density at radius 2 is 1.77 bits per heavy atom. The fraction of sp³-hybridized carbons (Fsp3) is 0.174. The highest BCUT2D eigenvalue weighted by molar-refractivity contribution is 7.92. The van der Waals surface area contributed by atoms with E-state index in [1.807, 2.05) is 31.2 Å². The second-order valence-electron chi connectivity index (χ2n) is 7.45. The van der Waals surface area contributed by atoms with Gasteiger partial charge in [-0.3, -0.25) is 9.52 Å². The summed E-state index contributed by atoms with van der Waals surface area (Å²) in [6.07, 6.45) is 0.802. The van der Waals surface area contributed by atoms with Gasteiger partial charge in [0, 0.05) is 23.0 Å². The maximum atomic E-state index is 13.4. The van der Waals surface area contributed by atoms with Crippen molar-refractivity contribution in [3.8, 4) is 0 Å². The van der Waals surface area contributed by atoms with Gasteiger partial charge < -0.3 is 4.90 Å². The third-order valence-electron chi connectivity index (χ3n) is 5.25. The van der Waals surface area contributed by atoms with Gasteiger partial charge in [-0.05, 0) is 79.9 Å². The molecular formula is C23H21FN2O3S. The largest absolute Gasteiger partial charge is 0.305 e. The first kappa shape index (κ1) is 20.1. The summed E-state index contributed by atoms with van der Waals surface area (Å²) in [6, 6.07) is 17.8. The summed E-state index contributed by atoms with van der Waals surface area (Å²) in [5, 5.41) is 0. The number of nitrogens with one attached hydrogen (secondary N) is 1. The van der Waals surface area contributed by atoms with Crippen LogP contribution in [0.5, 0.6) is 0 Å². The van der Waals surface area contributed by atoms with Crippen LogP contribution in [0, 0.1) is 12.7 Å². The normalized spacial score (nSPS) is 15.7. The van der Waals surface area contributed by atoms with E-state index in [9.17, 15) is 17.6 Å². The van der Waals surface area contributed by atoms with E-state index in [-0.39, 0.29) is 22.4 Å². The molecule has 0 spiro atoms. The van der Waals surface area contributed by atoms with E-state index in [1.165, 1.54) is 19.1 Å². The molecule has 0 bridgehead atoms. The molecule has 0 aromatic heterocycles. The van der Waals surface area contributed by atoms with E-state index < -0.39 is 15.8 Å². The van der Waals surface area contributed by atoms with Gasteiger partial charge in [0.15, 0.2) is 0 Å². The smallest absolute Gasteiger partial charge is 0.261 e. The maximum absolute atomic E-state index is 13.4. The molecule has 4 rings (SSSR count). The fourth-order valence-electron chi connectivity index (χ4n) is 3.69. The zero-order valence-corrected chi connectivity index (χ0v) is 17.4. The van der Waals surface area contributed by atoms with Crippen molar-refractivity contribution in [2.45, 2.75) is 31.2 Å². The van der Waals surface area contributed by atoms with Gasteiger partial charge >= 0.3 is 0 Å². The van der Waals surface area contributed by atoms with Crippen molar-refractivity contribution in [1.29, 1.82) is 0 Å². The molecule has 1 aliphatic heterocycles. The number of anilines is 2. The first-order valence-corrected chi connectivity index (χ1v) is 11.0. The summed E-state index contributed by atoms with van der Waals surface area (Å²) in [6.45, 7) is 3.51.